The summed E-state index contributed by atoms with van der Waals surface area (Å²) in [6.07, 6.45) is 1.50. The summed E-state index contributed by atoms with van der Waals surface area (Å²) in [7, 11) is -3.68. The summed E-state index contributed by atoms with van der Waals surface area (Å²) in [5.41, 5.74) is 1.23. The molecule has 0 aromatic heterocycles. The molecule has 9 nitrogen and oxygen atoms in total. The summed E-state index contributed by atoms with van der Waals surface area (Å²) in [5, 5.41) is 3.11. The Labute approximate surface area is 204 Å². The number of fused-ring (bicyclic) bond motifs is 2. The van der Waals surface area contributed by atoms with Crippen LogP contribution < -0.4 is 19.5 Å². The standard InChI is InChI=1S/C25H29N3O6S/c1-16(2)22(27-23-18-5-3-4-6-21(18)35(30,31)28-23)24(29)26-14-25(9-11-32-12-10-25)17-7-8-19-20(13-17)34-15-33-19/h3-8,13,16,22H,9-12,14-15H2,1-2H3,(H,26,29)(H,27,28)/t22-/m0/s1. The highest BCUT2D eigenvalue weighted by molar-refractivity contribution is 7.90. The molecule has 3 aliphatic rings. The molecule has 35 heavy (non-hydrogen) atoms. The van der Waals surface area contributed by atoms with Gasteiger partial charge in [0.25, 0.3) is 10.0 Å². The minimum atomic E-state index is -3.68. The van der Waals surface area contributed by atoms with Crippen molar-refractivity contribution in [1.82, 2.24) is 10.0 Å². The molecule has 186 valence electrons. The zero-order valence-corrected chi connectivity index (χ0v) is 20.6. The van der Waals surface area contributed by atoms with Crippen LogP contribution >= 0.6 is 0 Å². The van der Waals surface area contributed by atoms with Gasteiger partial charge in [-0.2, -0.15) is 0 Å². The topological polar surface area (TPSA) is 115 Å². The lowest BCUT2D eigenvalue weighted by Gasteiger charge is -2.38. The third kappa shape index (κ3) is 4.48. The first-order valence-electron chi connectivity index (χ1n) is 11.7. The second kappa shape index (κ2) is 9.16. The molecule has 1 fully saturated rings. The molecular weight excluding hydrogens is 470 g/mol. The van der Waals surface area contributed by atoms with E-state index in [4.69, 9.17) is 14.2 Å². The Morgan fingerprint density at radius 1 is 1.11 bits per heavy atom. The van der Waals surface area contributed by atoms with Gasteiger partial charge in [-0.25, -0.2) is 8.42 Å². The van der Waals surface area contributed by atoms with E-state index < -0.39 is 16.1 Å². The SMILES string of the molecule is CC(C)[C@H](N=C1NS(=O)(=O)c2ccccc21)C(=O)NCC1(c2ccc3c(c2)OCO3)CCOCC1. The summed E-state index contributed by atoms with van der Waals surface area (Å²) in [5.74, 6) is 1.23. The molecule has 1 atom stereocenters. The van der Waals surface area contributed by atoms with Gasteiger partial charge in [-0.3, -0.25) is 14.5 Å². The summed E-state index contributed by atoms with van der Waals surface area (Å²) < 4.78 is 44.1. The molecule has 2 aromatic carbocycles. The van der Waals surface area contributed by atoms with Crippen LogP contribution in [0.25, 0.3) is 0 Å². The van der Waals surface area contributed by atoms with Crippen LogP contribution in [0, 0.1) is 5.92 Å². The van der Waals surface area contributed by atoms with Crippen LogP contribution in [0.5, 0.6) is 11.5 Å². The molecule has 1 saturated heterocycles. The van der Waals surface area contributed by atoms with Crippen molar-refractivity contribution in [2.24, 2.45) is 10.9 Å². The number of ether oxygens (including phenoxy) is 3. The number of hydrogen-bond donors (Lipinski definition) is 2. The number of amidine groups is 1. The maximum Gasteiger partial charge on any atom is 0.263 e. The van der Waals surface area contributed by atoms with Gasteiger partial charge in [-0.15, -0.1) is 0 Å². The smallest absolute Gasteiger partial charge is 0.263 e. The van der Waals surface area contributed by atoms with Crippen LogP contribution in [0.1, 0.15) is 37.8 Å². The number of hydrogen-bond acceptors (Lipinski definition) is 7. The first-order valence-corrected chi connectivity index (χ1v) is 13.2. The van der Waals surface area contributed by atoms with Crippen LogP contribution in [0.2, 0.25) is 0 Å². The number of carbonyl (C=O) groups excluding carboxylic acids is 1. The number of amides is 1. The molecule has 0 aliphatic carbocycles. The van der Waals surface area contributed by atoms with Gasteiger partial charge in [0.05, 0.1) is 4.90 Å². The van der Waals surface area contributed by atoms with Crippen LogP contribution in [0.15, 0.2) is 52.4 Å². The molecule has 0 bridgehead atoms. The fourth-order valence-electron chi connectivity index (χ4n) is 4.80. The molecule has 1 amide bonds. The first kappa shape index (κ1) is 23.6. The Kier molecular flexibility index (Phi) is 6.18. The summed E-state index contributed by atoms with van der Waals surface area (Å²) in [6, 6.07) is 11.8. The van der Waals surface area contributed by atoms with Crippen molar-refractivity contribution in [2.45, 2.75) is 43.0 Å². The van der Waals surface area contributed by atoms with Crippen molar-refractivity contribution in [3.63, 3.8) is 0 Å². The quantitative estimate of drug-likeness (QED) is 0.631. The molecule has 3 aliphatic heterocycles. The van der Waals surface area contributed by atoms with E-state index in [2.05, 4.69) is 15.0 Å². The van der Waals surface area contributed by atoms with Gasteiger partial charge in [0.15, 0.2) is 11.5 Å². The van der Waals surface area contributed by atoms with Crippen LogP contribution in [-0.2, 0) is 25.0 Å². The lowest BCUT2D eigenvalue weighted by atomic mass is 9.74. The van der Waals surface area contributed by atoms with Crippen molar-refractivity contribution in [3.8, 4) is 11.5 Å². The highest BCUT2D eigenvalue weighted by Gasteiger charge is 2.37. The van der Waals surface area contributed by atoms with E-state index in [0.717, 1.165) is 24.2 Å². The Bertz CT molecular complexity index is 1270. The number of carbonyl (C=O) groups is 1. The minimum Gasteiger partial charge on any atom is -0.454 e. The average Bonchev–Trinajstić information content (AvgIpc) is 3.43. The normalized spacial score (nSPS) is 21.4. The average molecular weight is 500 g/mol. The molecule has 0 spiro atoms. The molecular formula is C25H29N3O6S. The zero-order chi connectivity index (χ0) is 24.6. The molecule has 10 heteroatoms. The van der Waals surface area contributed by atoms with E-state index in [0.29, 0.717) is 31.1 Å². The molecule has 5 rings (SSSR count). The predicted molar refractivity (Wildman–Crippen MR) is 129 cm³/mol. The zero-order valence-electron chi connectivity index (χ0n) is 19.7. The Morgan fingerprint density at radius 3 is 2.63 bits per heavy atom. The van der Waals surface area contributed by atoms with Crippen LogP contribution in [0.4, 0.5) is 0 Å². The molecule has 3 heterocycles. The largest absolute Gasteiger partial charge is 0.454 e. The number of nitrogens with zero attached hydrogens (tertiary/aromatic N) is 1. The van der Waals surface area contributed by atoms with Gasteiger partial charge in [0, 0.05) is 30.7 Å². The van der Waals surface area contributed by atoms with E-state index in [1.165, 1.54) is 6.07 Å². The third-order valence-electron chi connectivity index (χ3n) is 6.87. The first-order chi connectivity index (χ1) is 16.8. The molecule has 0 unspecified atom stereocenters. The lowest BCUT2D eigenvalue weighted by molar-refractivity contribution is -0.123. The van der Waals surface area contributed by atoms with Crippen molar-refractivity contribution < 1.29 is 27.4 Å². The van der Waals surface area contributed by atoms with Gasteiger partial charge in [0.1, 0.15) is 11.9 Å². The summed E-state index contributed by atoms with van der Waals surface area (Å²) in [4.78, 5) is 18.1. The van der Waals surface area contributed by atoms with E-state index in [1.54, 1.807) is 18.2 Å². The number of sulfonamides is 1. The summed E-state index contributed by atoms with van der Waals surface area (Å²) in [6.45, 7) is 5.59. The van der Waals surface area contributed by atoms with Gasteiger partial charge < -0.3 is 19.5 Å². The predicted octanol–water partition coefficient (Wildman–Crippen LogP) is 2.34. The van der Waals surface area contributed by atoms with Crippen molar-refractivity contribution in [2.75, 3.05) is 26.6 Å². The van der Waals surface area contributed by atoms with E-state index >= 15 is 0 Å². The van der Waals surface area contributed by atoms with Crippen molar-refractivity contribution >= 4 is 21.8 Å². The van der Waals surface area contributed by atoms with Crippen LogP contribution in [0.3, 0.4) is 0 Å². The highest BCUT2D eigenvalue weighted by Crippen LogP contribution is 2.40. The van der Waals surface area contributed by atoms with Gasteiger partial charge >= 0.3 is 0 Å². The fraction of sp³-hybridized carbons (Fsp3) is 0.440. The molecule has 0 radical (unpaired) electrons. The second-order valence-electron chi connectivity index (χ2n) is 9.45. The van der Waals surface area contributed by atoms with E-state index in [1.807, 2.05) is 32.0 Å². The van der Waals surface area contributed by atoms with Gasteiger partial charge in [0.2, 0.25) is 12.7 Å². The maximum absolute atomic E-state index is 13.4. The van der Waals surface area contributed by atoms with Crippen LogP contribution in [-0.4, -0.2) is 52.8 Å². The molecule has 2 aromatic rings. The lowest BCUT2D eigenvalue weighted by Crippen LogP contribution is -2.48. The monoisotopic (exact) mass is 499 g/mol. The minimum absolute atomic E-state index is 0.143. The van der Waals surface area contributed by atoms with Gasteiger partial charge in [-0.05, 0) is 48.6 Å². The molecule has 0 saturated carbocycles. The maximum atomic E-state index is 13.4. The Balaban J connectivity index is 1.38. The number of rotatable bonds is 6. The van der Waals surface area contributed by atoms with Crippen molar-refractivity contribution in [1.29, 1.82) is 0 Å². The Hall–Kier alpha value is -3.11. The molecule has 2 N–H and O–H groups in total. The third-order valence-corrected chi connectivity index (χ3v) is 8.26. The van der Waals surface area contributed by atoms with E-state index in [9.17, 15) is 13.2 Å². The van der Waals surface area contributed by atoms with Gasteiger partial charge in [-0.1, -0.05) is 32.0 Å². The highest BCUT2D eigenvalue weighted by atomic mass is 32.2. The van der Waals surface area contributed by atoms with E-state index in [-0.39, 0.29) is 34.8 Å². The fourth-order valence-corrected chi connectivity index (χ4v) is 6.04. The Morgan fingerprint density at radius 2 is 1.86 bits per heavy atom. The van der Waals surface area contributed by atoms with Crippen molar-refractivity contribution in [3.05, 3.63) is 53.6 Å². The number of aliphatic imine (C=N–C) groups is 1. The second-order valence-corrected chi connectivity index (χ2v) is 11.1. The summed E-state index contributed by atoms with van der Waals surface area (Å²) >= 11 is 0. The number of nitrogens with one attached hydrogen (secondary N) is 2. The number of benzene rings is 2.